The summed E-state index contributed by atoms with van der Waals surface area (Å²) in [6.45, 7) is 8.16. The van der Waals surface area contributed by atoms with Crippen molar-refractivity contribution in [2.24, 2.45) is 5.73 Å². The molecule has 0 fully saturated rings. The van der Waals surface area contributed by atoms with E-state index in [0.29, 0.717) is 5.92 Å². The van der Waals surface area contributed by atoms with Gasteiger partial charge >= 0.3 is 0 Å². The van der Waals surface area contributed by atoms with Crippen molar-refractivity contribution in [2.45, 2.75) is 52.4 Å². The molecule has 0 aliphatic rings. The highest BCUT2D eigenvalue weighted by molar-refractivity contribution is 5.38. The maximum Gasteiger partial charge on any atom is 0.122 e. The van der Waals surface area contributed by atoms with Gasteiger partial charge in [0.05, 0.1) is 6.61 Å². The molecule has 2 heteroatoms. The maximum absolute atomic E-state index is 5.81. The van der Waals surface area contributed by atoms with Crippen LogP contribution in [0.5, 0.6) is 5.75 Å². The van der Waals surface area contributed by atoms with Crippen LogP contribution in [-0.2, 0) is 6.42 Å². The van der Waals surface area contributed by atoms with E-state index in [0.717, 1.165) is 38.2 Å². The lowest BCUT2D eigenvalue weighted by atomic mass is 9.95. The molecular weight excluding hydrogens is 222 g/mol. The molecule has 0 amide bonds. The number of nitrogens with two attached hydrogens (primary N) is 1. The average Bonchev–Trinajstić information content (AvgIpc) is 2.42. The van der Waals surface area contributed by atoms with E-state index in [1.165, 1.54) is 17.5 Å². The summed E-state index contributed by atoms with van der Waals surface area (Å²) in [6, 6.07) is 6.63. The Balaban J connectivity index is 2.88. The zero-order valence-electron chi connectivity index (χ0n) is 12.0. The molecule has 102 valence electrons. The van der Waals surface area contributed by atoms with Crippen molar-refractivity contribution in [3.8, 4) is 5.75 Å². The fraction of sp³-hybridized carbons (Fsp3) is 0.625. The predicted molar refractivity (Wildman–Crippen MR) is 78.3 cm³/mol. The minimum absolute atomic E-state index is 0.613. The van der Waals surface area contributed by atoms with Crippen LogP contribution in [0.25, 0.3) is 0 Å². The van der Waals surface area contributed by atoms with Gasteiger partial charge in [0.2, 0.25) is 0 Å². The zero-order valence-corrected chi connectivity index (χ0v) is 12.0. The SMILES string of the molecule is CCCOc1ccc(C(C)CC)cc1CCCN. The van der Waals surface area contributed by atoms with Gasteiger partial charge in [-0.15, -0.1) is 0 Å². The van der Waals surface area contributed by atoms with E-state index in [2.05, 4.69) is 39.0 Å². The number of hydrogen-bond donors (Lipinski definition) is 1. The molecule has 0 aliphatic carbocycles. The maximum atomic E-state index is 5.81. The molecule has 0 heterocycles. The highest BCUT2D eigenvalue weighted by Crippen LogP contribution is 2.27. The van der Waals surface area contributed by atoms with Crippen molar-refractivity contribution in [1.82, 2.24) is 0 Å². The van der Waals surface area contributed by atoms with Gasteiger partial charge in [-0.1, -0.05) is 32.9 Å². The summed E-state index contributed by atoms with van der Waals surface area (Å²) >= 11 is 0. The van der Waals surface area contributed by atoms with Crippen LogP contribution in [0.1, 0.15) is 57.1 Å². The Hall–Kier alpha value is -1.02. The van der Waals surface area contributed by atoms with E-state index in [1.54, 1.807) is 0 Å². The lowest BCUT2D eigenvalue weighted by molar-refractivity contribution is 0.314. The number of benzene rings is 1. The van der Waals surface area contributed by atoms with Gasteiger partial charge in [0.15, 0.2) is 0 Å². The van der Waals surface area contributed by atoms with Gasteiger partial charge in [-0.3, -0.25) is 0 Å². The molecule has 1 atom stereocenters. The summed E-state index contributed by atoms with van der Waals surface area (Å²) in [4.78, 5) is 0. The van der Waals surface area contributed by atoms with Crippen molar-refractivity contribution in [3.63, 3.8) is 0 Å². The highest BCUT2D eigenvalue weighted by Gasteiger charge is 2.08. The Kier molecular flexibility index (Phi) is 6.81. The van der Waals surface area contributed by atoms with E-state index < -0.39 is 0 Å². The standard InChI is InChI=1S/C16H27NO/c1-4-11-18-16-9-8-14(13(3)5-2)12-15(16)7-6-10-17/h8-9,12-13H,4-7,10-11,17H2,1-3H3. The van der Waals surface area contributed by atoms with Gasteiger partial charge in [0.25, 0.3) is 0 Å². The second-order valence-corrected chi connectivity index (χ2v) is 4.92. The zero-order chi connectivity index (χ0) is 13.4. The molecule has 0 bridgehead atoms. The summed E-state index contributed by atoms with van der Waals surface area (Å²) in [5.74, 6) is 1.65. The van der Waals surface area contributed by atoms with Gasteiger partial charge < -0.3 is 10.5 Å². The Bertz CT molecular complexity index is 349. The van der Waals surface area contributed by atoms with Crippen molar-refractivity contribution in [1.29, 1.82) is 0 Å². The Morgan fingerprint density at radius 1 is 1.28 bits per heavy atom. The monoisotopic (exact) mass is 249 g/mol. The predicted octanol–water partition coefficient (Wildman–Crippen LogP) is 3.88. The molecule has 0 saturated heterocycles. The van der Waals surface area contributed by atoms with Crippen molar-refractivity contribution < 1.29 is 4.74 Å². The van der Waals surface area contributed by atoms with Gasteiger partial charge in [-0.2, -0.15) is 0 Å². The summed E-state index contributed by atoms with van der Waals surface area (Å²) in [7, 11) is 0. The molecule has 2 nitrogen and oxygen atoms in total. The Labute approximate surface area is 112 Å². The molecule has 0 radical (unpaired) electrons. The van der Waals surface area contributed by atoms with Crippen molar-refractivity contribution in [2.75, 3.05) is 13.2 Å². The molecular formula is C16H27NO. The van der Waals surface area contributed by atoms with Crippen molar-refractivity contribution >= 4 is 0 Å². The fourth-order valence-electron chi connectivity index (χ4n) is 1.98. The van der Waals surface area contributed by atoms with Crippen LogP contribution in [0.3, 0.4) is 0 Å². The first kappa shape index (κ1) is 15.0. The highest BCUT2D eigenvalue weighted by atomic mass is 16.5. The summed E-state index contributed by atoms with van der Waals surface area (Å²) in [5.41, 5.74) is 8.33. The van der Waals surface area contributed by atoms with Gasteiger partial charge in [0, 0.05) is 0 Å². The van der Waals surface area contributed by atoms with E-state index >= 15 is 0 Å². The number of hydrogen-bond acceptors (Lipinski definition) is 2. The van der Waals surface area contributed by atoms with Crippen LogP contribution in [-0.4, -0.2) is 13.2 Å². The lowest BCUT2D eigenvalue weighted by Crippen LogP contribution is -2.04. The summed E-state index contributed by atoms with van der Waals surface area (Å²) < 4.78 is 5.81. The quantitative estimate of drug-likeness (QED) is 0.759. The Morgan fingerprint density at radius 2 is 2.06 bits per heavy atom. The minimum Gasteiger partial charge on any atom is -0.493 e. The molecule has 0 saturated carbocycles. The van der Waals surface area contributed by atoms with Crippen LogP contribution in [0.4, 0.5) is 0 Å². The molecule has 2 N–H and O–H groups in total. The summed E-state index contributed by atoms with van der Waals surface area (Å²) in [5, 5.41) is 0. The molecule has 0 spiro atoms. The van der Waals surface area contributed by atoms with Crippen LogP contribution in [0.15, 0.2) is 18.2 Å². The molecule has 0 aromatic heterocycles. The lowest BCUT2D eigenvalue weighted by Gasteiger charge is -2.15. The topological polar surface area (TPSA) is 35.2 Å². The average molecular weight is 249 g/mol. The first-order chi connectivity index (χ1) is 8.72. The van der Waals surface area contributed by atoms with Crippen LogP contribution < -0.4 is 10.5 Å². The summed E-state index contributed by atoms with van der Waals surface area (Å²) in [6.07, 6.45) is 4.25. The first-order valence-corrected chi connectivity index (χ1v) is 7.18. The van der Waals surface area contributed by atoms with E-state index in [4.69, 9.17) is 10.5 Å². The fourth-order valence-corrected chi connectivity index (χ4v) is 1.98. The van der Waals surface area contributed by atoms with Gasteiger partial charge in [-0.25, -0.2) is 0 Å². The first-order valence-electron chi connectivity index (χ1n) is 7.18. The second-order valence-electron chi connectivity index (χ2n) is 4.92. The van der Waals surface area contributed by atoms with Crippen LogP contribution >= 0.6 is 0 Å². The normalized spacial score (nSPS) is 12.4. The number of rotatable bonds is 8. The van der Waals surface area contributed by atoms with E-state index in [9.17, 15) is 0 Å². The van der Waals surface area contributed by atoms with E-state index in [1.807, 2.05) is 0 Å². The van der Waals surface area contributed by atoms with Crippen molar-refractivity contribution in [3.05, 3.63) is 29.3 Å². The molecule has 1 rings (SSSR count). The van der Waals surface area contributed by atoms with Crippen LogP contribution in [0, 0.1) is 0 Å². The van der Waals surface area contributed by atoms with Crippen LogP contribution in [0.2, 0.25) is 0 Å². The third-order valence-corrected chi connectivity index (χ3v) is 3.38. The van der Waals surface area contributed by atoms with E-state index in [-0.39, 0.29) is 0 Å². The smallest absolute Gasteiger partial charge is 0.122 e. The third-order valence-electron chi connectivity index (χ3n) is 3.38. The minimum atomic E-state index is 0.613. The number of ether oxygens (including phenoxy) is 1. The molecule has 0 aliphatic heterocycles. The third kappa shape index (κ3) is 4.34. The molecule has 18 heavy (non-hydrogen) atoms. The van der Waals surface area contributed by atoms with Gasteiger partial charge in [-0.05, 0) is 55.3 Å². The largest absolute Gasteiger partial charge is 0.493 e. The molecule has 1 aromatic carbocycles. The molecule has 1 aromatic rings. The van der Waals surface area contributed by atoms with Gasteiger partial charge in [0.1, 0.15) is 5.75 Å². The second kappa shape index (κ2) is 8.15. The number of aryl methyl sites for hydroxylation is 1. The molecule has 1 unspecified atom stereocenters. The Morgan fingerprint density at radius 3 is 2.67 bits per heavy atom.